The number of rotatable bonds is 7. The highest BCUT2D eigenvalue weighted by atomic mass is 16.7. The van der Waals surface area contributed by atoms with Gasteiger partial charge >= 0.3 is 0 Å². The van der Waals surface area contributed by atoms with Gasteiger partial charge in [0.25, 0.3) is 0 Å². The van der Waals surface area contributed by atoms with Crippen LogP contribution in [-0.2, 0) is 19.0 Å². The van der Waals surface area contributed by atoms with Crippen molar-refractivity contribution in [2.75, 3.05) is 18.5 Å². The maximum Gasteiger partial charge on any atom is 0.229 e. The summed E-state index contributed by atoms with van der Waals surface area (Å²) in [7, 11) is 0. The van der Waals surface area contributed by atoms with Gasteiger partial charge in [-0.05, 0) is 24.3 Å². The van der Waals surface area contributed by atoms with Gasteiger partial charge in [-0.3, -0.25) is 4.79 Å². The third-order valence-corrected chi connectivity index (χ3v) is 5.39. The number of amides is 1. The Balaban J connectivity index is 1.68. The smallest absolute Gasteiger partial charge is 0.229 e. The van der Waals surface area contributed by atoms with Crippen LogP contribution in [0.3, 0.4) is 0 Å². The van der Waals surface area contributed by atoms with Crippen LogP contribution in [0.5, 0.6) is 5.75 Å². The van der Waals surface area contributed by atoms with Crippen molar-refractivity contribution in [1.82, 2.24) is 0 Å². The first kappa shape index (κ1) is 25.7. The highest BCUT2D eigenvalue weighted by Gasteiger charge is 2.51. The van der Waals surface area contributed by atoms with Gasteiger partial charge in [0, 0.05) is 12.6 Å². The Bertz CT molecular complexity index is 775. The Labute approximate surface area is 188 Å². The van der Waals surface area contributed by atoms with E-state index in [2.05, 4.69) is 5.32 Å². The predicted octanol–water partition coefficient (Wildman–Crippen LogP) is -3.35. The number of hydrogen-bond acceptors (Lipinski definition) is 12. The molecule has 0 aromatic heterocycles. The molecule has 13 nitrogen and oxygen atoms in total. The summed E-state index contributed by atoms with van der Waals surface area (Å²) in [4.78, 5) is 11.1. The molecular formula is C20H29NO12. The highest BCUT2D eigenvalue weighted by Crippen LogP contribution is 2.30. The van der Waals surface area contributed by atoms with Crippen molar-refractivity contribution in [3.63, 3.8) is 0 Å². The lowest BCUT2D eigenvalue weighted by atomic mass is 9.97. The Hall–Kier alpha value is -1.91. The molecule has 13 heteroatoms. The van der Waals surface area contributed by atoms with Gasteiger partial charge in [-0.15, -0.1) is 0 Å². The van der Waals surface area contributed by atoms with E-state index in [0.717, 1.165) is 0 Å². The van der Waals surface area contributed by atoms with Gasteiger partial charge in [-0.2, -0.15) is 0 Å². The van der Waals surface area contributed by atoms with E-state index < -0.39 is 74.6 Å². The van der Waals surface area contributed by atoms with E-state index in [9.17, 15) is 40.5 Å². The second-order valence-electron chi connectivity index (χ2n) is 7.83. The van der Waals surface area contributed by atoms with Crippen LogP contribution in [0.15, 0.2) is 24.3 Å². The Kier molecular flexibility index (Phi) is 8.58. The summed E-state index contributed by atoms with van der Waals surface area (Å²) in [5.41, 5.74) is 0.515. The number of aliphatic hydroxyl groups is 7. The molecule has 2 aliphatic rings. The molecule has 8 N–H and O–H groups in total. The monoisotopic (exact) mass is 475 g/mol. The zero-order valence-corrected chi connectivity index (χ0v) is 17.7. The van der Waals surface area contributed by atoms with Gasteiger partial charge in [-0.1, -0.05) is 0 Å². The first-order valence-corrected chi connectivity index (χ1v) is 10.3. The minimum Gasteiger partial charge on any atom is -0.462 e. The zero-order chi connectivity index (χ0) is 24.3. The van der Waals surface area contributed by atoms with Gasteiger partial charge < -0.3 is 60.0 Å². The maximum absolute atomic E-state index is 11.1. The van der Waals surface area contributed by atoms with E-state index in [-0.39, 0.29) is 11.7 Å². The molecule has 3 rings (SSSR count). The summed E-state index contributed by atoms with van der Waals surface area (Å²) < 4.78 is 21.8. The SMILES string of the molecule is CC(=O)Nc1ccc(O[C@H]2O[C@H](CO)[C@@H](OC3O[C@H](CO)[C@@H](O)C(O)[C@H]3O)C(O)C2O)cc1. The molecule has 186 valence electrons. The molecular weight excluding hydrogens is 446 g/mol. The lowest BCUT2D eigenvalue weighted by Crippen LogP contribution is -2.65. The first-order valence-electron chi connectivity index (χ1n) is 10.3. The van der Waals surface area contributed by atoms with Crippen molar-refractivity contribution in [1.29, 1.82) is 0 Å². The fourth-order valence-electron chi connectivity index (χ4n) is 3.61. The van der Waals surface area contributed by atoms with Crippen LogP contribution in [-0.4, -0.2) is 116 Å². The van der Waals surface area contributed by atoms with Crippen molar-refractivity contribution < 1.29 is 59.5 Å². The van der Waals surface area contributed by atoms with Crippen molar-refractivity contribution in [3.05, 3.63) is 24.3 Å². The van der Waals surface area contributed by atoms with E-state index in [1.54, 1.807) is 12.1 Å². The minimum atomic E-state index is -1.75. The van der Waals surface area contributed by atoms with Gasteiger partial charge in [0.2, 0.25) is 12.2 Å². The average Bonchev–Trinajstić information content (AvgIpc) is 2.79. The number of benzene rings is 1. The van der Waals surface area contributed by atoms with Gasteiger partial charge in [0.05, 0.1) is 13.2 Å². The molecule has 33 heavy (non-hydrogen) atoms. The minimum absolute atomic E-state index is 0.241. The van der Waals surface area contributed by atoms with Gasteiger partial charge in [0.1, 0.15) is 54.6 Å². The van der Waals surface area contributed by atoms with Crippen LogP contribution in [0.25, 0.3) is 0 Å². The molecule has 1 aromatic rings. The normalized spacial score (nSPS) is 39.2. The van der Waals surface area contributed by atoms with E-state index in [0.29, 0.717) is 5.69 Å². The topological polar surface area (TPSA) is 208 Å². The van der Waals surface area contributed by atoms with Crippen LogP contribution in [0.4, 0.5) is 5.69 Å². The van der Waals surface area contributed by atoms with Crippen LogP contribution in [0, 0.1) is 0 Å². The molecule has 10 atom stereocenters. The molecule has 0 spiro atoms. The molecule has 2 fully saturated rings. The molecule has 2 heterocycles. The summed E-state index contributed by atoms with van der Waals surface area (Å²) in [6.45, 7) is 0.000118. The summed E-state index contributed by atoms with van der Waals surface area (Å²) >= 11 is 0. The van der Waals surface area contributed by atoms with E-state index >= 15 is 0 Å². The van der Waals surface area contributed by atoms with Crippen molar-refractivity contribution >= 4 is 11.6 Å². The number of carbonyl (C=O) groups excluding carboxylic acids is 1. The van der Waals surface area contributed by atoms with E-state index in [4.69, 9.17) is 18.9 Å². The number of carbonyl (C=O) groups is 1. The van der Waals surface area contributed by atoms with Crippen LogP contribution >= 0.6 is 0 Å². The van der Waals surface area contributed by atoms with Gasteiger partial charge in [-0.25, -0.2) is 0 Å². The number of aliphatic hydroxyl groups excluding tert-OH is 7. The van der Waals surface area contributed by atoms with Crippen molar-refractivity contribution in [2.24, 2.45) is 0 Å². The maximum atomic E-state index is 11.1. The lowest BCUT2D eigenvalue weighted by molar-refractivity contribution is -0.352. The quantitative estimate of drug-likeness (QED) is 0.195. The molecule has 1 aromatic carbocycles. The van der Waals surface area contributed by atoms with Crippen molar-refractivity contribution in [2.45, 2.75) is 68.3 Å². The summed E-state index contributed by atoms with van der Waals surface area (Å²) in [6.07, 6.45) is -15.3. The molecule has 0 bridgehead atoms. The molecule has 1 amide bonds. The number of anilines is 1. The van der Waals surface area contributed by atoms with Crippen LogP contribution < -0.4 is 10.1 Å². The van der Waals surface area contributed by atoms with Crippen molar-refractivity contribution in [3.8, 4) is 5.75 Å². The van der Waals surface area contributed by atoms with E-state index in [1.807, 2.05) is 0 Å². The number of ether oxygens (including phenoxy) is 4. The lowest BCUT2D eigenvalue weighted by Gasteiger charge is -2.45. The fourth-order valence-corrected chi connectivity index (χ4v) is 3.61. The molecule has 2 saturated heterocycles. The molecule has 4 unspecified atom stereocenters. The molecule has 0 radical (unpaired) electrons. The second kappa shape index (κ2) is 11.0. The third-order valence-electron chi connectivity index (χ3n) is 5.39. The zero-order valence-electron chi connectivity index (χ0n) is 17.7. The second-order valence-corrected chi connectivity index (χ2v) is 7.83. The Morgan fingerprint density at radius 3 is 2.00 bits per heavy atom. The Morgan fingerprint density at radius 2 is 1.42 bits per heavy atom. The molecule has 0 aliphatic carbocycles. The van der Waals surface area contributed by atoms with E-state index in [1.165, 1.54) is 19.1 Å². The fraction of sp³-hybridized carbons (Fsp3) is 0.650. The molecule has 0 saturated carbocycles. The standard InChI is InChI=1S/C20H29NO12/c1-8(24)21-9-2-4-10(5-3-9)30-19-17(29)15(27)18(12(7-23)32-19)33-20-16(28)14(26)13(25)11(6-22)31-20/h2-5,11-20,22-23,25-29H,6-7H2,1H3,(H,21,24)/t11-,12-,13-,14?,15?,16-,17?,18-,19+,20?/m1/s1. The highest BCUT2D eigenvalue weighted by molar-refractivity contribution is 5.88. The Morgan fingerprint density at radius 1 is 0.848 bits per heavy atom. The first-order chi connectivity index (χ1) is 15.7. The third kappa shape index (κ3) is 5.78. The van der Waals surface area contributed by atoms with Crippen LogP contribution in [0.1, 0.15) is 6.92 Å². The number of hydrogen-bond donors (Lipinski definition) is 8. The summed E-state index contributed by atoms with van der Waals surface area (Å²) in [6, 6.07) is 6.10. The number of nitrogens with one attached hydrogen (secondary N) is 1. The average molecular weight is 475 g/mol. The summed E-state index contributed by atoms with van der Waals surface area (Å²) in [5.74, 6) is -0.0144. The summed E-state index contributed by atoms with van der Waals surface area (Å²) in [5, 5.41) is 72.6. The molecule has 2 aliphatic heterocycles. The largest absolute Gasteiger partial charge is 0.462 e. The van der Waals surface area contributed by atoms with Crippen LogP contribution in [0.2, 0.25) is 0 Å². The predicted molar refractivity (Wildman–Crippen MR) is 108 cm³/mol. The van der Waals surface area contributed by atoms with Gasteiger partial charge in [0.15, 0.2) is 6.29 Å².